The molecule has 0 spiro atoms. The van der Waals surface area contributed by atoms with E-state index in [9.17, 15) is 22.8 Å². The number of ether oxygens (including phenoxy) is 1. The first-order chi connectivity index (χ1) is 20.0. The van der Waals surface area contributed by atoms with Gasteiger partial charge in [-0.05, 0) is 63.8 Å². The minimum absolute atomic E-state index is 0.0696. The Balaban J connectivity index is 1.42. The first kappa shape index (κ1) is 30.4. The van der Waals surface area contributed by atoms with Gasteiger partial charge < -0.3 is 19.4 Å². The molecule has 2 atom stereocenters. The summed E-state index contributed by atoms with van der Waals surface area (Å²) in [5.41, 5.74) is -1.85. The fourth-order valence-electron chi connectivity index (χ4n) is 5.25. The van der Waals surface area contributed by atoms with Crippen molar-refractivity contribution >= 4 is 18.3 Å². The summed E-state index contributed by atoms with van der Waals surface area (Å²) in [5.74, 6) is 0.870. The third-order valence-corrected chi connectivity index (χ3v) is 7.36. The maximum atomic E-state index is 13.6. The molecule has 1 aromatic carbocycles. The van der Waals surface area contributed by atoms with Gasteiger partial charge in [-0.25, -0.2) is 10.1 Å². The van der Waals surface area contributed by atoms with Crippen LogP contribution in [0.15, 0.2) is 63.8 Å². The zero-order chi connectivity index (χ0) is 30.4. The van der Waals surface area contributed by atoms with E-state index in [1.54, 1.807) is 48.2 Å². The number of hydrogen-bond acceptors (Lipinski definition) is 8. The van der Waals surface area contributed by atoms with Crippen molar-refractivity contribution in [3.63, 3.8) is 0 Å². The lowest BCUT2D eigenvalue weighted by Gasteiger charge is -2.40. The van der Waals surface area contributed by atoms with E-state index in [1.165, 1.54) is 4.90 Å². The van der Waals surface area contributed by atoms with E-state index in [2.05, 4.69) is 22.9 Å². The van der Waals surface area contributed by atoms with Crippen molar-refractivity contribution in [3.8, 4) is 11.8 Å². The second-order valence-corrected chi connectivity index (χ2v) is 10.2. The summed E-state index contributed by atoms with van der Waals surface area (Å²) in [7, 11) is 0. The van der Waals surface area contributed by atoms with Gasteiger partial charge in [-0.15, -0.1) is 0 Å². The minimum atomic E-state index is -4.83. The molecule has 1 unspecified atom stereocenters. The van der Waals surface area contributed by atoms with Gasteiger partial charge in [0.15, 0.2) is 0 Å². The summed E-state index contributed by atoms with van der Waals surface area (Å²) in [4.78, 5) is 34.7. The fraction of sp³-hybridized carbons (Fsp3) is 0.414. The number of carbonyl (C=O) groups is 1. The smallest absolute Gasteiger partial charge is 0.423 e. The molecule has 1 N–H and O–H groups in total. The summed E-state index contributed by atoms with van der Waals surface area (Å²) < 4.78 is 46.8. The molecule has 0 saturated carbocycles. The van der Waals surface area contributed by atoms with E-state index >= 15 is 0 Å². The molecule has 3 heterocycles. The van der Waals surface area contributed by atoms with Gasteiger partial charge in [0.05, 0.1) is 24.0 Å². The van der Waals surface area contributed by atoms with Crippen molar-refractivity contribution in [1.29, 1.82) is 5.26 Å². The number of aromatic nitrogens is 2. The highest BCUT2D eigenvalue weighted by molar-refractivity contribution is 5.95. The van der Waals surface area contributed by atoms with Crippen LogP contribution in [0.5, 0.6) is 5.75 Å². The second kappa shape index (κ2) is 12.9. The number of nitrogens with one attached hydrogen (secondary N) is 1. The molecule has 0 bridgehead atoms. The molecule has 2 fully saturated rings. The highest BCUT2D eigenvalue weighted by atomic mass is 19.4. The lowest BCUT2D eigenvalue weighted by Crippen LogP contribution is -2.53. The van der Waals surface area contributed by atoms with Crippen molar-refractivity contribution in [2.24, 2.45) is 4.99 Å². The summed E-state index contributed by atoms with van der Waals surface area (Å²) in [6.07, 6.45) is 0.813. The first-order valence-electron chi connectivity index (χ1n) is 13.5. The first-order valence-corrected chi connectivity index (χ1v) is 13.5. The molecule has 13 heteroatoms. The fourth-order valence-corrected chi connectivity index (χ4v) is 5.25. The molecule has 0 aliphatic carbocycles. The SMILES string of the molecule is C=N/C(=C\C=C(/C)C#N)N1CCN(C(=O)c2cccc(OC[C@@H]3CCCN3c3cn[nH]c(=O)c3C(F)(F)F)c2)C(C)C1. The number of allylic oxidation sites excluding steroid dienone is 3. The Kier molecular flexibility index (Phi) is 9.35. The van der Waals surface area contributed by atoms with Crippen LogP contribution in [0.25, 0.3) is 0 Å². The number of hydrogen-bond donors (Lipinski definition) is 1. The maximum absolute atomic E-state index is 13.6. The van der Waals surface area contributed by atoms with Crippen LogP contribution in [0, 0.1) is 11.3 Å². The number of anilines is 1. The average Bonchev–Trinajstić information content (AvgIpc) is 3.44. The number of carbonyl (C=O) groups excluding carboxylic acids is 1. The van der Waals surface area contributed by atoms with E-state index in [1.807, 2.05) is 16.9 Å². The Bertz CT molecular complexity index is 1480. The number of H-pyrrole nitrogens is 1. The minimum Gasteiger partial charge on any atom is -0.491 e. The maximum Gasteiger partial charge on any atom is 0.423 e. The molecule has 1 aromatic heterocycles. The van der Waals surface area contributed by atoms with Gasteiger partial charge in [-0.3, -0.25) is 9.59 Å². The van der Waals surface area contributed by atoms with Crippen molar-refractivity contribution in [2.75, 3.05) is 37.7 Å². The number of rotatable bonds is 8. The zero-order valence-corrected chi connectivity index (χ0v) is 23.4. The summed E-state index contributed by atoms with van der Waals surface area (Å²) in [5, 5.41) is 14.4. The number of nitrogens with zero attached hydrogens (tertiary/aromatic N) is 6. The van der Waals surface area contributed by atoms with Crippen LogP contribution in [0.2, 0.25) is 0 Å². The topological polar surface area (TPSA) is 118 Å². The van der Waals surface area contributed by atoms with Gasteiger partial charge in [0.1, 0.15) is 23.7 Å². The summed E-state index contributed by atoms with van der Waals surface area (Å²) in [6, 6.07) is 8.22. The Labute approximate surface area is 241 Å². The Morgan fingerprint density at radius 2 is 2.10 bits per heavy atom. The average molecular weight is 584 g/mol. The third kappa shape index (κ3) is 6.82. The summed E-state index contributed by atoms with van der Waals surface area (Å²) >= 11 is 0. The Morgan fingerprint density at radius 3 is 2.79 bits per heavy atom. The van der Waals surface area contributed by atoms with Crippen LogP contribution in [0.3, 0.4) is 0 Å². The number of amides is 1. The third-order valence-electron chi connectivity index (χ3n) is 7.36. The number of halogens is 3. The van der Waals surface area contributed by atoms with Gasteiger partial charge in [-0.1, -0.05) is 6.07 Å². The second-order valence-electron chi connectivity index (χ2n) is 10.2. The highest BCUT2D eigenvalue weighted by Crippen LogP contribution is 2.36. The molecular weight excluding hydrogens is 551 g/mol. The Hall–Kier alpha value is -4.60. The lowest BCUT2D eigenvalue weighted by atomic mass is 10.1. The van der Waals surface area contributed by atoms with E-state index < -0.39 is 23.3 Å². The van der Waals surface area contributed by atoms with Crippen LogP contribution in [0.1, 0.15) is 42.6 Å². The van der Waals surface area contributed by atoms with Crippen molar-refractivity contribution in [1.82, 2.24) is 20.0 Å². The van der Waals surface area contributed by atoms with Crippen LogP contribution in [-0.2, 0) is 6.18 Å². The van der Waals surface area contributed by atoms with Gasteiger partial charge in [0.25, 0.3) is 11.5 Å². The standard InChI is InChI=1S/C29H32F3N7O3/c1-19(15-33)9-10-25(34-3)37-12-13-38(20(2)17-37)28(41)21-6-4-8-23(14-21)42-18-22-7-5-11-39(22)24-16-35-36-27(40)26(24)29(30,31)32/h4,6,8-10,14,16,20,22H,3,5,7,11-13,17-18H2,1-2H3,(H,36,40)/b19-9+,25-10+/t20?,22-/m0/s1. The normalized spacial score (nSPS) is 20.0. The summed E-state index contributed by atoms with van der Waals surface area (Å²) in [6.45, 7) is 9.17. The van der Waals surface area contributed by atoms with Gasteiger partial charge >= 0.3 is 6.18 Å². The van der Waals surface area contributed by atoms with Crippen molar-refractivity contribution in [2.45, 2.75) is 44.9 Å². The molecule has 4 rings (SSSR count). The highest BCUT2D eigenvalue weighted by Gasteiger charge is 2.41. The van der Waals surface area contributed by atoms with Crippen LogP contribution >= 0.6 is 0 Å². The quantitative estimate of drug-likeness (QED) is 0.284. The molecular formula is C29H32F3N7O3. The van der Waals surface area contributed by atoms with Crippen LogP contribution in [-0.4, -0.2) is 77.5 Å². The molecule has 222 valence electrons. The van der Waals surface area contributed by atoms with E-state index in [0.717, 1.165) is 6.20 Å². The number of aliphatic imine (C=N–C) groups is 1. The molecule has 1 amide bonds. The largest absolute Gasteiger partial charge is 0.491 e. The number of aromatic amines is 1. The molecule has 42 heavy (non-hydrogen) atoms. The van der Waals surface area contributed by atoms with Gasteiger partial charge in [0.2, 0.25) is 0 Å². The molecule has 2 aliphatic rings. The van der Waals surface area contributed by atoms with E-state index in [-0.39, 0.29) is 24.2 Å². The monoisotopic (exact) mass is 583 g/mol. The lowest BCUT2D eigenvalue weighted by molar-refractivity contribution is -0.138. The predicted molar refractivity (Wildman–Crippen MR) is 151 cm³/mol. The molecule has 2 saturated heterocycles. The van der Waals surface area contributed by atoms with E-state index in [4.69, 9.17) is 10.00 Å². The van der Waals surface area contributed by atoms with Crippen LogP contribution in [0.4, 0.5) is 18.9 Å². The Morgan fingerprint density at radius 1 is 1.31 bits per heavy atom. The van der Waals surface area contributed by atoms with Gasteiger partial charge in [0, 0.05) is 43.4 Å². The van der Waals surface area contributed by atoms with Gasteiger partial charge in [-0.2, -0.15) is 23.5 Å². The number of benzene rings is 1. The molecule has 10 nitrogen and oxygen atoms in total. The number of piperazine rings is 1. The van der Waals surface area contributed by atoms with E-state index in [0.29, 0.717) is 61.7 Å². The van der Waals surface area contributed by atoms with Crippen molar-refractivity contribution < 1.29 is 22.7 Å². The number of alkyl halides is 3. The predicted octanol–water partition coefficient (Wildman–Crippen LogP) is 3.99. The van der Waals surface area contributed by atoms with Crippen molar-refractivity contribution in [3.05, 3.63) is 75.5 Å². The zero-order valence-electron chi connectivity index (χ0n) is 23.4. The number of nitriles is 1. The van der Waals surface area contributed by atoms with Crippen LogP contribution < -0.4 is 15.2 Å². The molecule has 2 aliphatic heterocycles. The molecule has 2 aromatic rings. The molecule has 0 radical (unpaired) electrons.